The monoisotopic (exact) mass is 489 g/mol. The Morgan fingerprint density at radius 1 is 1.24 bits per heavy atom. The van der Waals surface area contributed by atoms with Crippen LogP contribution in [0, 0.1) is 0 Å². The van der Waals surface area contributed by atoms with Gasteiger partial charge in [-0.05, 0) is 43.0 Å². The van der Waals surface area contributed by atoms with Crippen LogP contribution in [0.5, 0.6) is 0 Å². The zero-order valence-electron chi connectivity index (χ0n) is 18.6. The fourth-order valence-electron chi connectivity index (χ4n) is 4.61. The van der Waals surface area contributed by atoms with Crippen LogP contribution < -0.4 is 4.90 Å². The molecule has 0 atom stereocenters. The number of anilines is 2. The van der Waals surface area contributed by atoms with Crippen LogP contribution in [-0.4, -0.2) is 73.7 Å². The third kappa shape index (κ3) is 4.06. The van der Waals surface area contributed by atoms with Crippen LogP contribution in [0.3, 0.4) is 0 Å². The lowest BCUT2D eigenvalue weighted by Crippen LogP contribution is -2.38. The lowest BCUT2D eigenvalue weighted by atomic mass is 9.93. The second kappa shape index (κ2) is 8.82. The summed E-state index contributed by atoms with van der Waals surface area (Å²) in [5.74, 6) is 0.638. The Bertz CT molecular complexity index is 1340. The lowest BCUT2D eigenvalue weighted by Gasteiger charge is -2.30. The summed E-state index contributed by atoms with van der Waals surface area (Å²) in [4.78, 5) is 24.7. The summed E-state index contributed by atoms with van der Waals surface area (Å²) >= 11 is 0. The van der Waals surface area contributed by atoms with Crippen molar-refractivity contribution in [1.82, 2.24) is 20.0 Å². The molecule has 180 valence electrons. The minimum atomic E-state index is -3.29. The van der Waals surface area contributed by atoms with Crippen molar-refractivity contribution in [3.63, 3.8) is 0 Å². The van der Waals surface area contributed by atoms with Gasteiger partial charge in [-0.25, -0.2) is 27.6 Å². The minimum absolute atomic E-state index is 0.0532. The molecule has 4 heterocycles. The Kier molecular flexibility index (Phi) is 5.84. The van der Waals surface area contributed by atoms with Gasteiger partial charge in [0, 0.05) is 37.5 Å². The summed E-state index contributed by atoms with van der Waals surface area (Å²) in [5, 5.41) is 4.31. The normalized spacial score (nSPS) is 16.8. The van der Waals surface area contributed by atoms with E-state index in [0.29, 0.717) is 60.7 Å². The average Bonchev–Trinajstić information content (AvgIpc) is 3.46. The van der Waals surface area contributed by atoms with E-state index in [1.54, 1.807) is 23.1 Å². The van der Waals surface area contributed by atoms with Crippen molar-refractivity contribution in [2.75, 3.05) is 44.1 Å². The molecule has 34 heavy (non-hydrogen) atoms. The first-order valence-electron chi connectivity index (χ1n) is 11.1. The van der Waals surface area contributed by atoms with E-state index in [2.05, 4.69) is 15.1 Å². The molecule has 12 heteroatoms. The number of carbonyl (C=O) groups excluding carboxylic acids is 1. The number of benzene rings is 1. The van der Waals surface area contributed by atoms with Crippen LogP contribution in [0.4, 0.5) is 20.7 Å². The summed E-state index contributed by atoms with van der Waals surface area (Å²) < 4.78 is 46.7. The summed E-state index contributed by atoms with van der Waals surface area (Å²) in [6.45, 7) is 0.648. The number of rotatable bonds is 5. The molecule has 1 saturated heterocycles. The SMILES string of the molecule is CS(=O)(=O)c1ccc2c(c1)CCN2c1ncnc2c(C3CCN(C(=O)OCCF)CC3)noc12. The topological polar surface area (TPSA) is 119 Å². The quantitative estimate of drug-likeness (QED) is 0.533. The number of likely N-dealkylation sites (tertiary alicyclic amines) is 1. The van der Waals surface area contributed by atoms with E-state index in [1.807, 2.05) is 4.90 Å². The molecule has 1 fully saturated rings. The lowest BCUT2D eigenvalue weighted by molar-refractivity contribution is 0.0871. The fraction of sp³-hybridized carbons (Fsp3) is 0.455. The molecule has 2 aliphatic rings. The van der Waals surface area contributed by atoms with E-state index in [0.717, 1.165) is 16.9 Å². The van der Waals surface area contributed by atoms with Crippen LogP contribution in [0.2, 0.25) is 0 Å². The summed E-state index contributed by atoms with van der Waals surface area (Å²) in [6, 6.07) is 5.10. The smallest absolute Gasteiger partial charge is 0.409 e. The van der Waals surface area contributed by atoms with Crippen molar-refractivity contribution in [2.24, 2.45) is 0 Å². The number of aromatic nitrogens is 3. The van der Waals surface area contributed by atoms with E-state index < -0.39 is 22.6 Å². The number of alkyl halides is 1. The van der Waals surface area contributed by atoms with Crippen molar-refractivity contribution < 1.29 is 26.9 Å². The Balaban J connectivity index is 1.38. The van der Waals surface area contributed by atoms with Crippen LogP contribution in [0.25, 0.3) is 11.1 Å². The zero-order chi connectivity index (χ0) is 23.9. The number of hydrogen-bond acceptors (Lipinski definition) is 9. The molecular formula is C22H24FN5O5S. The Morgan fingerprint density at radius 2 is 2.03 bits per heavy atom. The largest absolute Gasteiger partial charge is 0.447 e. The molecule has 0 N–H and O–H groups in total. The maximum Gasteiger partial charge on any atom is 0.409 e. The van der Waals surface area contributed by atoms with E-state index in [9.17, 15) is 17.6 Å². The standard InChI is InChI=1S/C22H24FN5O5S/c1-34(30,31)16-2-3-17-15(12-16)6-10-28(17)21-20-19(24-13-25-21)18(26-33-20)14-4-8-27(9-5-14)22(29)32-11-7-23/h2-3,12-14H,4-11H2,1H3. The van der Waals surface area contributed by atoms with Gasteiger partial charge in [-0.2, -0.15) is 0 Å². The summed E-state index contributed by atoms with van der Waals surface area (Å²) in [7, 11) is -3.29. The van der Waals surface area contributed by atoms with Crippen LogP contribution in [0.15, 0.2) is 33.9 Å². The number of sulfone groups is 1. The Morgan fingerprint density at radius 3 is 2.76 bits per heavy atom. The second-order valence-corrected chi connectivity index (χ2v) is 10.5. The molecule has 0 unspecified atom stereocenters. The van der Waals surface area contributed by atoms with Gasteiger partial charge >= 0.3 is 6.09 Å². The predicted octanol–water partition coefficient (Wildman–Crippen LogP) is 3.00. The maximum atomic E-state index is 12.3. The van der Waals surface area contributed by atoms with Gasteiger partial charge < -0.3 is 19.1 Å². The Labute approximate surface area is 195 Å². The molecule has 2 aromatic heterocycles. The highest BCUT2D eigenvalue weighted by Crippen LogP contribution is 2.39. The van der Waals surface area contributed by atoms with Crippen molar-refractivity contribution in [3.8, 4) is 0 Å². The molecule has 10 nitrogen and oxygen atoms in total. The fourth-order valence-corrected chi connectivity index (χ4v) is 5.28. The molecule has 2 aliphatic heterocycles. The number of carbonyl (C=O) groups is 1. The molecule has 0 saturated carbocycles. The molecular weight excluding hydrogens is 465 g/mol. The third-order valence-electron chi connectivity index (χ3n) is 6.34. The molecule has 3 aromatic rings. The Hall–Kier alpha value is -3.28. The molecule has 1 amide bonds. The number of hydrogen-bond donors (Lipinski definition) is 0. The van der Waals surface area contributed by atoms with Gasteiger partial charge in [-0.15, -0.1) is 0 Å². The van der Waals surface area contributed by atoms with Crippen LogP contribution >= 0.6 is 0 Å². The molecule has 0 spiro atoms. The third-order valence-corrected chi connectivity index (χ3v) is 7.45. The molecule has 0 radical (unpaired) electrons. The van der Waals surface area contributed by atoms with Crippen molar-refractivity contribution in [1.29, 1.82) is 0 Å². The molecule has 5 rings (SSSR count). The predicted molar refractivity (Wildman–Crippen MR) is 121 cm³/mol. The first kappa shape index (κ1) is 22.5. The van der Waals surface area contributed by atoms with Crippen LogP contribution in [-0.2, 0) is 21.0 Å². The highest BCUT2D eigenvalue weighted by atomic mass is 32.2. The minimum Gasteiger partial charge on any atom is -0.447 e. The number of nitrogens with zero attached hydrogens (tertiary/aromatic N) is 5. The van der Waals surface area contributed by atoms with Gasteiger partial charge in [0.2, 0.25) is 5.58 Å². The van der Waals surface area contributed by atoms with E-state index >= 15 is 0 Å². The number of piperidine rings is 1. The van der Waals surface area contributed by atoms with Gasteiger partial charge in [0.25, 0.3) is 0 Å². The van der Waals surface area contributed by atoms with Gasteiger partial charge in [0.15, 0.2) is 15.7 Å². The molecule has 0 aliphatic carbocycles. The zero-order valence-corrected chi connectivity index (χ0v) is 19.4. The van der Waals surface area contributed by atoms with Crippen molar-refractivity contribution in [2.45, 2.75) is 30.1 Å². The maximum absolute atomic E-state index is 12.3. The van der Waals surface area contributed by atoms with Gasteiger partial charge in [-0.1, -0.05) is 5.16 Å². The summed E-state index contributed by atoms with van der Waals surface area (Å²) in [6.07, 6.45) is 4.17. The van der Waals surface area contributed by atoms with E-state index in [1.165, 1.54) is 12.6 Å². The summed E-state index contributed by atoms with van der Waals surface area (Å²) in [5.41, 5.74) is 3.64. The molecule has 0 bridgehead atoms. The van der Waals surface area contributed by atoms with Gasteiger partial charge in [0.1, 0.15) is 30.8 Å². The highest BCUT2D eigenvalue weighted by molar-refractivity contribution is 7.90. The average molecular weight is 490 g/mol. The van der Waals surface area contributed by atoms with E-state index in [4.69, 9.17) is 9.26 Å². The number of ether oxygens (including phenoxy) is 1. The first-order chi connectivity index (χ1) is 16.4. The highest BCUT2D eigenvalue weighted by Gasteiger charge is 2.31. The van der Waals surface area contributed by atoms with E-state index in [-0.39, 0.29) is 12.5 Å². The molecule has 1 aromatic carbocycles. The van der Waals surface area contributed by atoms with Gasteiger partial charge in [-0.3, -0.25) is 0 Å². The second-order valence-electron chi connectivity index (χ2n) is 8.47. The first-order valence-corrected chi connectivity index (χ1v) is 12.9. The number of halogens is 1. The van der Waals surface area contributed by atoms with Crippen LogP contribution in [0.1, 0.15) is 30.0 Å². The number of fused-ring (bicyclic) bond motifs is 2. The van der Waals surface area contributed by atoms with Crippen molar-refractivity contribution in [3.05, 3.63) is 35.8 Å². The van der Waals surface area contributed by atoms with Crippen molar-refractivity contribution >= 4 is 38.5 Å². The van der Waals surface area contributed by atoms with Gasteiger partial charge in [0.05, 0.1) is 4.90 Å². The number of amides is 1.